The van der Waals surface area contributed by atoms with Gasteiger partial charge < -0.3 is 11.5 Å². The molecule has 11 heteroatoms. The van der Waals surface area contributed by atoms with E-state index in [2.05, 4.69) is 24.9 Å². The topological polar surface area (TPSA) is 170 Å². The first kappa shape index (κ1) is 20.9. The predicted molar refractivity (Wildman–Crippen MR) is 126 cm³/mol. The summed E-state index contributed by atoms with van der Waals surface area (Å²) in [5.41, 5.74) is 15.1. The fourth-order valence-electron chi connectivity index (χ4n) is 3.79. The zero-order chi connectivity index (χ0) is 23.3. The molecule has 0 saturated heterocycles. The number of benzene rings is 2. The number of carbonyl (C=O) groups is 1. The Labute approximate surface area is 189 Å². The number of nitrogens with one attached hydrogen (secondary N) is 2. The molecule has 10 nitrogen and oxygen atoms in total. The number of primary amides is 1. The third-order valence-corrected chi connectivity index (χ3v) is 7.49. The minimum atomic E-state index is -3.53. The van der Waals surface area contributed by atoms with Crippen molar-refractivity contribution in [2.24, 2.45) is 5.73 Å². The molecule has 0 aliphatic heterocycles. The van der Waals surface area contributed by atoms with E-state index in [0.717, 1.165) is 16.5 Å². The van der Waals surface area contributed by atoms with Gasteiger partial charge in [-0.25, -0.2) is 18.4 Å². The number of rotatable bonds is 6. The van der Waals surface area contributed by atoms with Crippen molar-refractivity contribution in [2.75, 3.05) is 10.5 Å². The third kappa shape index (κ3) is 3.65. The molecule has 1 amide bonds. The Morgan fingerprint density at radius 2 is 1.91 bits per heavy atom. The quantitative estimate of drug-likeness (QED) is 0.340. The average Bonchev–Trinajstić information content (AvgIpc) is 3.54. The molecule has 1 aliphatic rings. The molecule has 4 aromatic rings. The zero-order valence-electron chi connectivity index (χ0n) is 17.7. The van der Waals surface area contributed by atoms with Crippen LogP contribution in [0.25, 0.3) is 33.5 Å². The summed E-state index contributed by atoms with van der Waals surface area (Å²) in [6.07, 6.45) is 2.90. The van der Waals surface area contributed by atoms with Crippen molar-refractivity contribution in [1.82, 2.24) is 20.2 Å². The van der Waals surface area contributed by atoms with Crippen molar-refractivity contribution in [1.29, 1.82) is 0 Å². The minimum absolute atomic E-state index is 0.0408. The number of anilines is 2. The van der Waals surface area contributed by atoms with Crippen LogP contribution in [-0.2, 0) is 10.0 Å². The van der Waals surface area contributed by atoms with Crippen LogP contribution in [0.15, 0.2) is 42.6 Å². The van der Waals surface area contributed by atoms with Gasteiger partial charge in [0.1, 0.15) is 0 Å². The van der Waals surface area contributed by atoms with Gasteiger partial charge in [-0.05, 0) is 43.5 Å². The number of nitrogen functional groups attached to an aromatic ring is 1. The van der Waals surface area contributed by atoms with Crippen LogP contribution in [0.3, 0.4) is 0 Å². The summed E-state index contributed by atoms with van der Waals surface area (Å²) in [6, 6.07) is 10.5. The predicted octanol–water partition coefficient (Wildman–Crippen LogP) is 2.58. The number of carbonyl (C=O) groups excluding carboxylic acids is 1. The maximum absolute atomic E-state index is 12.6. The number of H-pyrrole nitrogens is 1. The molecule has 1 aliphatic carbocycles. The first-order valence-electron chi connectivity index (χ1n) is 10.3. The highest BCUT2D eigenvalue weighted by Gasteiger charge is 2.36. The molecule has 6 N–H and O–H groups in total. The number of aromatic nitrogens is 4. The van der Waals surface area contributed by atoms with Crippen molar-refractivity contribution in [3.8, 4) is 22.6 Å². The summed E-state index contributed by atoms with van der Waals surface area (Å²) in [6.45, 7) is 1.89. The van der Waals surface area contributed by atoms with Crippen LogP contribution in [0.1, 0.15) is 28.9 Å². The molecule has 0 radical (unpaired) electrons. The van der Waals surface area contributed by atoms with Crippen molar-refractivity contribution in [3.05, 3.63) is 53.9 Å². The summed E-state index contributed by atoms with van der Waals surface area (Å²) < 4.78 is 27.8. The van der Waals surface area contributed by atoms with E-state index in [0.29, 0.717) is 35.3 Å². The van der Waals surface area contributed by atoms with Gasteiger partial charge in [-0.1, -0.05) is 18.2 Å². The smallest absolute Gasteiger partial charge is 0.269 e. The Kier molecular flexibility index (Phi) is 4.78. The van der Waals surface area contributed by atoms with Crippen LogP contribution in [0, 0.1) is 6.92 Å². The fraction of sp³-hybridized carbons (Fsp3) is 0.182. The van der Waals surface area contributed by atoms with Gasteiger partial charge in [0.15, 0.2) is 11.5 Å². The number of fused-ring (bicyclic) bond motifs is 1. The summed E-state index contributed by atoms with van der Waals surface area (Å²) >= 11 is 0. The molecule has 0 bridgehead atoms. The van der Waals surface area contributed by atoms with Crippen LogP contribution < -0.4 is 16.2 Å². The standard InChI is InChI=1S/C22H21N7O3S/c1-11-6-9-15-14(10-25-28-15)17(11)19-18(23)20(21(24)30)27-22(26-19)13-4-2-3-5-16(13)29-33(31,32)12-7-8-12/h2-6,9-10,12,29H,7-8,23H2,1H3,(H2,24,30)(H,25,28). The highest BCUT2D eigenvalue weighted by molar-refractivity contribution is 7.93. The number of amides is 1. The van der Waals surface area contributed by atoms with E-state index in [-0.39, 0.29) is 17.2 Å². The van der Waals surface area contributed by atoms with Crippen LogP contribution in [-0.4, -0.2) is 39.7 Å². The van der Waals surface area contributed by atoms with E-state index < -0.39 is 21.2 Å². The van der Waals surface area contributed by atoms with E-state index >= 15 is 0 Å². The highest BCUT2D eigenvalue weighted by atomic mass is 32.2. The number of nitrogens with zero attached hydrogens (tertiary/aromatic N) is 3. The van der Waals surface area contributed by atoms with Crippen molar-refractivity contribution < 1.29 is 13.2 Å². The lowest BCUT2D eigenvalue weighted by Crippen LogP contribution is -2.19. The molecular formula is C22H21N7O3S. The molecule has 1 saturated carbocycles. The Hall–Kier alpha value is -3.99. The van der Waals surface area contributed by atoms with E-state index in [1.165, 1.54) is 0 Å². The normalized spacial score (nSPS) is 13.8. The summed E-state index contributed by atoms with van der Waals surface area (Å²) in [5.74, 6) is -0.688. The highest BCUT2D eigenvalue weighted by Crippen LogP contribution is 2.37. The molecule has 0 unspecified atom stereocenters. The van der Waals surface area contributed by atoms with Crippen LogP contribution in [0.4, 0.5) is 11.4 Å². The molecule has 2 heterocycles. The monoisotopic (exact) mass is 463 g/mol. The van der Waals surface area contributed by atoms with E-state index in [1.807, 2.05) is 19.1 Å². The fourth-order valence-corrected chi connectivity index (χ4v) is 5.20. The van der Waals surface area contributed by atoms with Gasteiger partial charge in [0.2, 0.25) is 10.0 Å². The Bertz CT molecular complexity index is 1520. The van der Waals surface area contributed by atoms with Gasteiger partial charge >= 0.3 is 0 Å². The minimum Gasteiger partial charge on any atom is -0.395 e. The average molecular weight is 464 g/mol. The van der Waals surface area contributed by atoms with Gasteiger partial charge in [0.25, 0.3) is 5.91 Å². The zero-order valence-corrected chi connectivity index (χ0v) is 18.5. The number of aromatic amines is 1. The van der Waals surface area contributed by atoms with Crippen LogP contribution in [0.5, 0.6) is 0 Å². The third-order valence-electron chi connectivity index (χ3n) is 5.63. The van der Waals surface area contributed by atoms with E-state index in [9.17, 15) is 13.2 Å². The first-order valence-corrected chi connectivity index (χ1v) is 11.8. The molecule has 33 heavy (non-hydrogen) atoms. The van der Waals surface area contributed by atoms with Gasteiger partial charge in [0, 0.05) is 16.5 Å². The Balaban J connectivity index is 1.74. The lowest BCUT2D eigenvalue weighted by Gasteiger charge is -2.16. The molecule has 168 valence electrons. The van der Waals surface area contributed by atoms with Gasteiger partial charge in [-0.2, -0.15) is 5.10 Å². The molecule has 5 rings (SSSR count). The van der Waals surface area contributed by atoms with Gasteiger partial charge in [-0.3, -0.25) is 14.6 Å². The van der Waals surface area contributed by atoms with Crippen molar-refractivity contribution >= 4 is 38.2 Å². The number of para-hydroxylation sites is 1. The van der Waals surface area contributed by atoms with Crippen LogP contribution >= 0.6 is 0 Å². The lowest BCUT2D eigenvalue weighted by molar-refractivity contribution is 0.0996. The SMILES string of the molecule is Cc1ccc2[nH]ncc2c1-c1nc(-c2ccccc2NS(=O)(=O)C2CC2)nc(C(N)=O)c1N. The summed E-state index contributed by atoms with van der Waals surface area (Å²) in [4.78, 5) is 21.2. The second-order valence-electron chi connectivity index (χ2n) is 8.00. The summed E-state index contributed by atoms with van der Waals surface area (Å²) in [5, 5.41) is 7.37. The number of nitrogens with two attached hydrogens (primary N) is 2. The van der Waals surface area contributed by atoms with Crippen molar-refractivity contribution in [3.63, 3.8) is 0 Å². The second-order valence-corrected chi connectivity index (χ2v) is 9.96. The van der Waals surface area contributed by atoms with E-state index in [4.69, 9.17) is 11.5 Å². The van der Waals surface area contributed by atoms with Crippen LogP contribution in [0.2, 0.25) is 0 Å². The molecule has 2 aromatic heterocycles. The lowest BCUT2D eigenvalue weighted by atomic mass is 9.99. The number of hydrogen-bond acceptors (Lipinski definition) is 7. The number of aryl methyl sites for hydroxylation is 1. The largest absolute Gasteiger partial charge is 0.395 e. The van der Waals surface area contributed by atoms with Gasteiger partial charge in [0.05, 0.1) is 34.0 Å². The van der Waals surface area contributed by atoms with Gasteiger partial charge in [-0.15, -0.1) is 0 Å². The number of sulfonamides is 1. The molecule has 0 spiro atoms. The molecular weight excluding hydrogens is 442 g/mol. The Morgan fingerprint density at radius 1 is 1.15 bits per heavy atom. The Morgan fingerprint density at radius 3 is 2.64 bits per heavy atom. The van der Waals surface area contributed by atoms with E-state index in [1.54, 1.807) is 30.5 Å². The molecule has 2 aromatic carbocycles. The summed E-state index contributed by atoms with van der Waals surface area (Å²) in [7, 11) is -3.53. The molecule has 0 atom stereocenters. The maximum Gasteiger partial charge on any atom is 0.269 e. The number of hydrogen-bond donors (Lipinski definition) is 4. The second kappa shape index (κ2) is 7.55. The van der Waals surface area contributed by atoms with Crippen molar-refractivity contribution in [2.45, 2.75) is 25.0 Å². The maximum atomic E-state index is 12.6. The molecule has 1 fully saturated rings. The first-order chi connectivity index (χ1) is 15.8.